The average Bonchev–Trinajstić information content (AvgIpc) is 3.09. The second kappa shape index (κ2) is 6.26. The molecule has 1 unspecified atom stereocenters. The van der Waals surface area contributed by atoms with Crippen LogP contribution in [-0.4, -0.2) is 30.1 Å². The lowest BCUT2D eigenvalue weighted by Gasteiger charge is -2.08. The smallest absolute Gasteiger partial charge is 0.251 e. The highest BCUT2D eigenvalue weighted by atomic mass is 16.3. The predicted octanol–water partition coefficient (Wildman–Crippen LogP) is 1.78. The zero-order valence-electron chi connectivity index (χ0n) is 12.5. The van der Waals surface area contributed by atoms with Gasteiger partial charge in [0.1, 0.15) is 0 Å². The Balaban J connectivity index is 1.87. The molecule has 2 rings (SSSR count). The number of nitrogens with one attached hydrogen (secondary N) is 2. The monoisotopic (exact) mass is 290 g/mol. The fraction of sp³-hybridized carbons (Fsp3) is 0.500. The van der Waals surface area contributed by atoms with E-state index in [1.54, 1.807) is 24.3 Å². The number of amides is 2. The molecule has 5 nitrogen and oxygen atoms in total. The number of rotatable bonds is 6. The molecule has 1 atom stereocenters. The lowest BCUT2D eigenvalue weighted by molar-refractivity contribution is -0.118. The lowest BCUT2D eigenvalue weighted by atomic mass is 10.1. The van der Waals surface area contributed by atoms with E-state index in [1.165, 1.54) is 0 Å². The van der Waals surface area contributed by atoms with Crippen molar-refractivity contribution in [2.24, 2.45) is 11.3 Å². The van der Waals surface area contributed by atoms with E-state index in [4.69, 9.17) is 5.11 Å². The minimum atomic E-state index is -0.176. The van der Waals surface area contributed by atoms with Crippen LogP contribution in [0.1, 0.15) is 37.0 Å². The largest absolute Gasteiger partial charge is 0.396 e. The fourth-order valence-electron chi connectivity index (χ4n) is 2.23. The van der Waals surface area contributed by atoms with Crippen molar-refractivity contribution in [2.45, 2.75) is 26.7 Å². The molecule has 1 saturated carbocycles. The van der Waals surface area contributed by atoms with Crippen molar-refractivity contribution in [3.8, 4) is 0 Å². The van der Waals surface area contributed by atoms with E-state index < -0.39 is 0 Å². The number of hydrogen-bond donors (Lipinski definition) is 3. The normalized spacial score (nSPS) is 18.9. The summed E-state index contributed by atoms with van der Waals surface area (Å²) in [5.74, 6) is -0.0521. The van der Waals surface area contributed by atoms with E-state index in [2.05, 4.69) is 24.5 Å². The summed E-state index contributed by atoms with van der Waals surface area (Å²) in [5.41, 5.74) is 1.35. The topological polar surface area (TPSA) is 78.4 Å². The van der Waals surface area contributed by atoms with E-state index in [0.717, 1.165) is 6.42 Å². The van der Waals surface area contributed by atoms with Gasteiger partial charge in [0, 0.05) is 30.3 Å². The van der Waals surface area contributed by atoms with Crippen molar-refractivity contribution < 1.29 is 14.7 Å². The number of benzene rings is 1. The Kier molecular flexibility index (Phi) is 4.63. The molecular weight excluding hydrogens is 268 g/mol. The number of carbonyl (C=O) groups excluding carboxylic acids is 2. The van der Waals surface area contributed by atoms with Gasteiger partial charge in [0.2, 0.25) is 5.91 Å². The Morgan fingerprint density at radius 2 is 1.90 bits per heavy atom. The average molecular weight is 290 g/mol. The molecule has 2 amide bonds. The van der Waals surface area contributed by atoms with Crippen LogP contribution in [0.3, 0.4) is 0 Å². The molecule has 21 heavy (non-hydrogen) atoms. The summed E-state index contributed by atoms with van der Waals surface area (Å²) in [6.07, 6.45) is 1.46. The first-order chi connectivity index (χ1) is 9.94. The second-order valence-electron chi connectivity index (χ2n) is 6.14. The van der Waals surface area contributed by atoms with Gasteiger partial charge >= 0.3 is 0 Å². The van der Waals surface area contributed by atoms with E-state index in [1.807, 2.05) is 0 Å². The Hall–Kier alpha value is -1.88. The van der Waals surface area contributed by atoms with Gasteiger partial charge in [-0.2, -0.15) is 0 Å². The maximum absolute atomic E-state index is 12.0. The van der Waals surface area contributed by atoms with Crippen molar-refractivity contribution in [3.63, 3.8) is 0 Å². The summed E-state index contributed by atoms with van der Waals surface area (Å²) < 4.78 is 0. The molecule has 3 N–H and O–H groups in total. The van der Waals surface area contributed by atoms with Crippen LogP contribution in [0.25, 0.3) is 0 Å². The first-order valence-electron chi connectivity index (χ1n) is 7.24. The molecule has 1 aliphatic rings. The maximum atomic E-state index is 12.0. The number of aliphatic hydroxyl groups is 1. The van der Waals surface area contributed by atoms with Gasteiger partial charge in [-0.1, -0.05) is 13.8 Å². The first kappa shape index (κ1) is 15.5. The molecule has 0 saturated heterocycles. The number of hydrogen-bond acceptors (Lipinski definition) is 3. The van der Waals surface area contributed by atoms with Gasteiger partial charge in [-0.05, 0) is 42.5 Å². The first-order valence-corrected chi connectivity index (χ1v) is 7.24. The fourth-order valence-corrected chi connectivity index (χ4v) is 2.23. The van der Waals surface area contributed by atoms with Gasteiger partial charge in [0.05, 0.1) is 0 Å². The van der Waals surface area contributed by atoms with Crippen LogP contribution in [0.4, 0.5) is 5.69 Å². The SMILES string of the molecule is CC1(C)CC1C(=O)Nc1ccc(C(=O)NCCCO)cc1. The van der Waals surface area contributed by atoms with Gasteiger partial charge in [-0.15, -0.1) is 0 Å². The molecule has 0 aromatic heterocycles. The zero-order valence-corrected chi connectivity index (χ0v) is 12.5. The minimum Gasteiger partial charge on any atom is -0.396 e. The lowest BCUT2D eigenvalue weighted by Crippen LogP contribution is -2.25. The highest BCUT2D eigenvalue weighted by Gasteiger charge is 2.50. The molecule has 114 valence electrons. The number of anilines is 1. The van der Waals surface area contributed by atoms with Crippen LogP contribution in [0.5, 0.6) is 0 Å². The predicted molar refractivity (Wildman–Crippen MR) is 81.0 cm³/mol. The van der Waals surface area contributed by atoms with Gasteiger partial charge in [-0.25, -0.2) is 0 Å². The third-order valence-corrected chi connectivity index (χ3v) is 3.86. The summed E-state index contributed by atoms with van der Waals surface area (Å²) in [5, 5.41) is 14.3. The van der Waals surface area contributed by atoms with Crippen molar-refractivity contribution in [3.05, 3.63) is 29.8 Å². The third kappa shape index (κ3) is 4.04. The quantitative estimate of drug-likeness (QED) is 0.699. The van der Waals surface area contributed by atoms with Gasteiger partial charge in [-0.3, -0.25) is 9.59 Å². The molecule has 1 aromatic rings. The highest BCUT2D eigenvalue weighted by Crippen LogP contribution is 2.51. The van der Waals surface area contributed by atoms with E-state index in [9.17, 15) is 9.59 Å². The van der Waals surface area contributed by atoms with Gasteiger partial charge in [0.15, 0.2) is 0 Å². The summed E-state index contributed by atoms with van der Waals surface area (Å²) in [4.78, 5) is 23.7. The Labute approximate surface area is 124 Å². The number of aliphatic hydroxyl groups excluding tert-OH is 1. The molecule has 0 radical (unpaired) electrons. The molecule has 0 bridgehead atoms. The van der Waals surface area contributed by atoms with Crippen LogP contribution < -0.4 is 10.6 Å². The van der Waals surface area contributed by atoms with Crippen LogP contribution in [-0.2, 0) is 4.79 Å². The third-order valence-electron chi connectivity index (χ3n) is 3.86. The van der Waals surface area contributed by atoms with Crippen molar-refractivity contribution >= 4 is 17.5 Å². The van der Waals surface area contributed by atoms with Crippen molar-refractivity contribution in [2.75, 3.05) is 18.5 Å². The highest BCUT2D eigenvalue weighted by molar-refractivity contribution is 5.97. The minimum absolute atomic E-state index is 0.0418. The molecule has 5 heteroatoms. The van der Waals surface area contributed by atoms with Crippen LogP contribution in [0, 0.1) is 11.3 Å². The zero-order chi connectivity index (χ0) is 15.5. The summed E-state index contributed by atoms with van der Waals surface area (Å²) in [6.45, 7) is 4.67. The molecule has 1 fully saturated rings. The summed E-state index contributed by atoms with van der Waals surface area (Å²) >= 11 is 0. The van der Waals surface area contributed by atoms with Crippen molar-refractivity contribution in [1.82, 2.24) is 5.32 Å². The molecule has 1 aromatic carbocycles. The van der Waals surface area contributed by atoms with E-state index in [0.29, 0.717) is 24.2 Å². The van der Waals surface area contributed by atoms with E-state index >= 15 is 0 Å². The molecule has 1 aliphatic carbocycles. The van der Waals surface area contributed by atoms with Crippen molar-refractivity contribution in [1.29, 1.82) is 0 Å². The second-order valence-corrected chi connectivity index (χ2v) is 6.14. The van der Waals surface area contributed by atoms with Crippen LogP contribution in [0.15, 0.2) is 24.3 Å². The van der Waals surface area contributed by atoms with Crippen LogP contribution >= 0.6 is 0 Å². The van der Waals surface area contributed by atoms with Gasteiger partial charge < -0.3 is 15.7 Å². The van der Waals surface area contributed by atoms with Crippen LogP contribution in [0.2, 0.25) is 0 Å². The molecule has 0 heterocycles. The Morgan fingerprint density at radius 1 is 1.29 bits per heavy atom. The molecule has 0 spiro atoms. The Morgan fingerprint density at radius 3 is 2.43 bits per heavy atom. The Bertz CT molecular complexity index is 523. The standard InChI is InChI=1S/C16H22N2O3/c1-16(2)10-13(16)15(21)18-12-6-4-11(5-7-12)14(20)17-8-3-9-19/h4-7,13,19H,3,8-10H2,1-2H3,(H,17,20)(H,18,21). The van der Waals surface area contributed by atoms with E-state index in [-0.39, 0.29) is 29.8 Å². The summed E-state index contributed by atoms with van der Waals surface area (Å²) in [7, 11) is 0. The number of carbonyl (C=O) groups is 2. The summed E-state index contributed by atoms with van der Waals surface area (Å²) in [6, 6.07) is 6.83. The molecular formula is C16H22N2O3. The van der Waals surface area contributed by atoms with Gasteiger partial charge in [0.25, 0.3) is 5.91 Å². The maximum Gasteiger partial charge on any atom is 0.251 e. The molecule has 0 aliphatic heterocycles.